The lowest BCUT2D eigenvalue weighted by molar-refractivity contribution is 0.413. The zero-order valence-corrected chi connectivity index (χ0v) is 12.9. The van der Waals surface area contributed by atoms with Gasteiger partial charge in [-0.1, -0.05) is 30.0 Å². The van der Waals surface area contributed by atoms with E-state index >= 15 is 0 Å². The van der Waals surface area contributed by atoms with Gasteiger partial charge < -0.3 is 9.15 Å². The molecule has 3 rings (SSSR count). The summed E-state index contributed by atoms with van der Waals surface area (Å²) in [4.78, 5) is 4.08. The van der Waals surface area contributed by atoms with Crippen LogP contribution in [0.1, 0.15) is 17.0 Å². The molecule has 3 aromatic rings. The number of aromatic nitrogens is 3. The predicted molar refractivity (Wildman–Crippen MR) is 83.9 cm³/mol. The summed E-state index contributed by atoms with van der Waals surface area (Å²) in [5, 5.41) is 8.72. The van der Waals surface area contributed by atoms with Gasteiger partial charge in [0.1, 0.15) is 5.75 Å². The SMILES string of the molecule is COc1ccc(Cc2nnc(SCc3cccnc3)o2)cc1. The van der Waals surface area contributed by atoms with E-state index in [-0.39, 0.29) is 0 Å². The largest absolute Gasteiger partial charge is 0.497 e. The standard InChI is InChI=1S/C16H15N3O2S/c1-20-14-6-4-12(5-7-14)9-15-18-19-16(21-15)22-11-13-3-2-8-17-10-13/h2-8,10H,9,11H2,1H3. The minimum absolute atomic E-state index is 0.576. The van der Waals surface area contributed by atoms with Crippen LogP contribution in [0.2, 0.25) is 0 Å². The molecule has 0 aliphatic carbocycles. The third kappa shape index (κ3) is 3.85. The first-order valence-electron chi connectivity index (χ1n) is 6.80. The zero-order valence-electron chi connectivity index (χ0n) is 12.1. The van der Waals surface area contributed by atoms with E-state index in [4.69, 9.17) is 9.15 Å². The Balaban J connectivity index is 1.58. The highest BCUT2D eigenvalue weighted by Gasteiger charge is 2.08. The Labute approximate surface area is 132 Å². The molecule has 5 nitrogen and oxygen atoms in total. The van der Waals surface area contributed by atoms with Crippen molar-refractivity contribution in [1.29, 1.82) is 0 Å². The summed E-state index contributed by atoms with van der Waals surface area (Å²) in [5.74, 6) is 2.21. The van der Waals surface area contributed by atoms with Gasteiger partial charge in [0.15, 0.2) is 0 Å². The summed E-state index contributed by atoms with van der Waals surface area (Å²) in [5.41, 5.74) is 2.23. The molecule has 0 aliphatic heterocycles. The number of hydrogen-bond acceptors (Lipinski definition) is 6. The first kappa shape index (κ1) is 14.6. The quantitative estimate of drug-likeness (QED) is 0.650. The fourth-order valence-corrected chi connectivity index (χ4v) is 2.63. The second kappa shape index (κ2) is 7.09. The van der Waals surface area contributed by atoms with E-state index in [0.29, 0.717) is 17.5 Å². The molecule has 2 aromatic heterocycles. The van der Waals surface area contributed by atoms with Crippen LogP contribution in [-0.2, 0) is 12.2 Å². The summed E-state index contributed by atoms with van der Waals surface area (Å²) in [7, 11) is 1.65. The van der Waals surface area contributed by atoms with Gasteiger partial charge in [-0.25, -0.2) is 0 Å². The van der Waals surface area contributed by atoms with Crippen molar-refractivity contribution in [2.24, 2.45) is 0 Å². The van der Waals surface area contributed by atoms with E-state index in [9.17, 15) is 0 Å². The number of benzene rings is 1. The van der Waals surface area contributed by atoms with Crippen LogP contribution >= 0.6 is 11.8 Å². The molecule has 0 saturated heterocycles. The third-order valence-electron chi connectivity index (χ3n) is 3.05. The molecule has 0 unspecified atom stereocenters. The van der Waals surface area contributed by atoms with Crippen LogP contribution in [0.15, 0.2) is 58.4 Å². The summed E-state index contributed by atoms with van der Waals surface area (Å²) in [6.45, 7) is 0. The molecular formula is C16H15N3O2S. The lowest BCUT2D eigenvalue weighted by Crippen LogP contribution is -1.89. The molecule has 2 heterocycles. The fraction of sp³-hybridized carbons (Fsp3) is 0.188. The van der Waals surface area contributed by atoms with Crippen LogP contribution in [0.5, 0.6) is 5.75 Å². The van der Waals surface area contributed by atoms with Crippen LogP contribution in [0.4, 0.5) is 0 Å². The molecule has 0 atom stereocenters. The van der Waals surface area contributed by atoms with Crippen molar-refractivity contribution in [2.45, 2.75) is 17.4 Å². The number of pyridine rings is 1. The molecule has 1 aromatic carbocycles. The van der Waals surface area contributed by atoms with Gasteiger partial charge in [0, 0.05) is 18.1 Å². The van der Waals surface area contributed by atoms with Gasteiger partial charge in [0.2, 0.25) is 5.89 Å². The highest BCUT2D eigenvalue weighted by atomic mass is 32.2. The normalized spacial score (nSPS) is 10.6. The Kier molecular flexibility index (Phi) is 4.70. The molecule has 6 heteroatoms. The third-order valence-corrected chi connectivity index (χ3v) is 3.94. The second-order valence-electron chi connectivity index (χ2n) is 4.64. The molecule has 0 bridgehead atoms. The van der Waals surface area contributed by atoms with Gasteiger partial charge in [-0.05, 0) is 29.3 Å². The Morgan fingerprint density at radius 3 is 2.68 bits per heavy atom. The van der Waals surface area contributed by atoms with Crippen LogP contribution in [0.25, 0.3) is 0 Å². The van der Waals surface area contributed by atoms with E-state index in [0.717, 1.165) is 22.6 Å². The topological polar surface area (TPSA) is 61.0 Å². The number of rotatable bonds is 6. The van der Waals surface area contributed by atoms with Crippen LogP contribution in [-0.4, -0.2) is 22.3 Å². The van der Waals surface area contributed by atoms with E-state index in [1.807, 2.05) is 42.6 Å². The van der Waals surface area contributed by atoms with Crippen LogP contribution < -0.4 is 4.74 Å². The monoisotopic (exact) mass is 313 g/mol. The lowest BCUT2D eigenvalue weighted by atomic mass is 10.1. The van der Waals surface area contributed by atoms with Crippen LogP contribution in [0, 0.1) is 0 Å². The van der Waals surface area contributed by atoms with E-state index in [1.54, 1.807) is 13.3 Å². The summed E-state index contributed by atoms with van der Waals surface area (Å²) >= 11 is 1.51. The van der Waals surface area contributed by atoms with E-state index < -0.39 is 0 Å². The number of methoxy groups -OCH3 is 1. The summed E-state index contributed by atoms with van der Waals surface area (Å²) in [6.07, 6.45) is 4.21. The van der Waals surface area contributed by atoms with Gasteiger partial charge in [-0.2, -0.15) is 0 Å². The van der Waals surface area contributed by atoms with Gasteiger partial charge in [-0.15, -0.1) is 10.2 Å². The molecule has 0 spiro atoms. The molecule has 112 valence electrons. The highest BCUT2D eigenvalue weighted by molar-refractivity contribution is 7.98. The minimum atomic E-state index is 0.576. The first-order valence-corrected chi connectivity index (χ1v) is 7.79. The van der Waals surface area contributed by atoms with E-state index in [2.05, 4.69) is 15.2 Å². The van der Waals surface area contributed by atoms with Crippen molar-refractivity contribution in [3.63, 3.8) is 0 Å². The van der Waals surface area contributed by atoms with Gasteiger partial charge >= 0.3 is 0 Å². The summed E-state index contributed by atoms with van der Waals surface area (Å²) < 4.78 is 10.8. The Hall–Kier alpha value is -2.34. The van der Waals surface area contributed by atoms with Crippen LogP contribution in [0.3, 0.4) is 0 Å². The Bertz CT molecular complexity index is 714. The maximum atomic E-state index is 5.65. The molecule has 0 N–H and O–H groups in total. The van der Waals surface area contributed by atoms with Gasteiger partial charge in [0.05, 0.1) is 13.5 Å². The van der Waals surface area contributed by atoms with Crippen molar-refractivity contribution in [3.05, 3.63) is 65.8 Å². The Morgan fingerprint density at radius 1 is 1.09 bits per heavy atom. The lowest BCUT2D eigenvalue weighted by Gasteiger charge is -2.00. The average molecular weight is 313 g/mol. The van der Waals surface area contributed by atoms with Crippen molar-refractivity contribution < 1.29 is 9.15 Å². The van der Waals surface area contributed by atoms with Gasteiger partial charge in [-0.3, -0.25) is 4.98 Å². The van der Waals surface area contributed by atoms with Gasteiger partial charge in [0.25, 0.3) is 5.22 Å². The summed E-state index contributed by atoms with van der Waals surface area (Å²) in [6, 6.07) is 11.8. The van der Waals surface area contributed by atoms with Crippen molar-refractivity contribution >= 4 is 11.8 Å². The van der Waals surface area contributed by atoms with E-state index in [1.165, 1.54) is 11.8 Å². The van der Waals surface area contributed by atoms with Crippen molar-refractivity contribution in [1.82, 2.24) is 15.2 Å². The number of thioether (sulfide) groups is 1. The molecule has 0 fully saturated rings. The molecule has 22 heavy (non-hydrogen) atoms. The molecule has 0 amide bonds. The molecule has 0 aliphatic rings. The second-order valence-corrected chi connectivity index (χ2v) is 5.56. The first-order chi connectivity index (χ1) is 10.8. The van der Waals surface area contributed by atoms with Crippen molar-refractivity contribution in [3.8, 4) is 5.75 Å². The Morgan fingerprint density at radius 2 is 1.95 bits per heavy atom. The smallest absolute Gasteiger partial charge is 0.276 e. The highest BCUT2D eigenvalue weighted by Crippen LogP contribution is 2.22. The molecule has 0 radical (unpaired) electrons. The molecular weight excluding hydrogens is 298 g/mol. The zero-order chi connectivity index (χ0) is 15.2. The predicted octanol–water partition coefficient (Wildman–Crippen LogP) is 3.36. The maximum Gasteiger partial charge on any atom is 0.276 e. The number of hydrogen-bond donors (Lipinski definition) is 0. The average Bonchev–Trinajstić information content (AvgIpc) is 3.02. The molecule has 0 saturated carbocycles. The number of ether oxygens (including phenoxy) is 1. The minimum Gasteiger partial charge on any atom is -0.497 e. The number of nitrogens with zero attached hydrogens (tertiary/aromatic N) is 3. The van der Waals surface area contributed by atoms with Crippen molar-refractivity contribution in [2.75, 3.05) is 7.11 Å². The fourth-order valence-electron chi connectivity index (χ4n) is 1.91. The maximum absolute atomic E-state index is 5.65.